The van der Waals surface area contributed by atoms with Crippen LogP contribution in [-0.4, -0.2) is 0 Å². The van der Waals surface area contributed by atoms with Gasteiger partial charge in [-0.05, 0) is 46.5 Å². The molecule has 0 aromatic heterocycles. The van der Waals surface area contributed by atoms with E-state index in [-0.39, 0.29) is 0 Å². The summed E-state index contributed by atoms with van der Waals surface area (Å²) >= 11 is 0. The van der Waals surface area contributed by atoms with E-state index in [2.05, 4.69) is 0 Å². The van der Waals surface area contributed by atoms with Crippen molar-refractivity contribution in [2.75, 3.05) is 0 Å². The molecule has 0 aliphatic carbocycles. The third-order valence-electron chi connectivity index (χ3n) is 3.49. The zero-order chi connectivity index (χ0) is 16.1. The SMILES string of the molecule is NCc1cc(CN)cc([P+](=O)c2cc(CN)cc(CN)c2)c1. The lowest BCUT2D eigenvalue weighted by atomic mass is 10.1. The number of nitrogens with two attached hydrogens (primary N) is 4. The number of rotatable bonds is 6. The van der Waals surface area contributed by atoms with Gasteiger partial charge in [0, 0.05) is 26.2 Å². The van der Waals surface area contributed by atoms with Gasteiger partial charge in [0.05, 0.1) is 0 Å². The molecule has 0 heterocycles. The first-order chi connectivity index (χ1) is 10.6. The van der Waals surface area contributed by atoms with Crippen LogP contribution in [-0.2, 0) is 30.7 Å². The summed E-state index contributed by atoms with van der Waals surface area (Å²) in [5.41, 5.74) is 26.5. The van der Waals surface area contributed by atoms with Crippen molar-refractivity contribution < 1.29 is 4.57 Å². The van der Waals surface area contributed by atoms with Crippen molar-refractivity contribution in [3.8, 4) is 0 Å². The van der Waals surface area contributed by atoms with Crippen LogP contribution in [0.15, 0.2) is 36.4 Å². The van der Waals surface area contributed by atoms with Gasteiger partial charge in [0.25, 0.3) is 0 Å². The number of benzene rings is 2. The van der Waals surface area contributed by atoms with E-state index in [1.807, 2.05) is 36.4 Å². The average molecular weight is 317 g/mol. The van der Waals surface area contributed by atoms with Crippen LogP contribution in [0.1, 0.15) is 22.3 Å². The Bertz CT molecular complexity index is 586. The van der Waals surface area contributed by atoms with Crippen molar-refractivity contribution >= 4 is 18.4 Å². The molecule has 0 saturated carbocycles. The molecule has 0 amide bonds. The van der Waals surface area contributed by atoms with Gasteiger partial charge in [-0.1, -0.05) is 16.7 Å². The zero-order valence-corrected chi connectivity index (χ0v) is 13.4. The zero-order valence-electron chi connectivity index (χ0n) is 12.5. The summed E-state index contributed by atoms with van der Waals surface area (Å²) in [5, 5.41) is 1.46. The summed E-state index contributed by atoms with van der Waals surface area (Å²) in [5.74, 6) is 0. The fraction of sp³-hybridized carbons (Fsp3) is 0.250. The lowest BCUT2D eigenvalue weighted by Crippen LogP contribution is -2.14. The highest BCUT2D eigenvalue weighted by Crippen LogP contribution is 2.23. The monoisotopic (exact) mass is 317 g/mol. The van der Waals surface area contributed by atoms with Gasteiger partial charge in [-0.15, -0.1) is 0 Å². The minimum atomic E-state index is -1.73. The normalized spacial score (nSPS) is 10.7. The van der Waals surface area contributed by atoms with Gasteiger partial charge in [0.15, 0.2) is 10.6 Å². The predicted molar refractivity (Wildman–Crippen MR) is 91.3 cm³/mol. The van der Waals surface area contributed by atoms with E-state index in [0.717, 1.165) is 32.9 Å². The summed E-state index contributed by atoms with van der Waals surface area (Å²) < 4.78 is 12.9. The van der Waals surface area contributed by atoms with Crippen LogP contribution in [0.4, 0.5) is 0 Å². The van der Waals surface area contributed by atoms with Crippen LogP contribution in [0, 0.1) is 0 Å². The van der Waals surface area contributed by atoms with Gasteiger partial charge >= 0.3 is 7.80 Å². The van der Waals surface area contributed by atoms with Gasteiger partial charge in [0.2, 0.25) is 0 Å². The van der Waals surface area contributed by atoms with Crippen molar-refractivity contribution in [1.82, 2.24) is 0 Å². The molecular formula is C16H22N4OP+. The second kappa shape index (κ2) is 7.58. The maximum Gasteiger partial charge on any atom is 0.415 e. The Morgan fingerprint density at radius 1 is 0.591 bits per heavy atom. The quantitative estimate of drug-likeness (QED) is 0.571. The molecule has 2 aromatic rings. The first kappa shape index (κ1) is 16.7. The van der Waals surface area contributed by atoms with E-state index in [0.29, 0.717) is 26.2 Å². The van der Waals surface area contributed by atoms with Gasteiger partial charge in [-0.3, -0.25) is 0 Å². The van der Waals surface area contributed by atoms with Crippen LogP contribution in [0.3, 0.4) is 0 Å². The Morgan fingerprint density at radius 3 is 1.09 bits per heavy atom. The van der Waals surface area contributed by atoms with Gasteiger partial charge in [0.1, 0.15) is 0 Å². The molecule has 2 rings (SSSR count). The lowest BCUT2D eigenvalue weighted by Gasteiger charge is -2.03. The molecular weight excluding hydrogens is 295 g/mol. The molecule has 0 aliphatic rings. The molecule has 0 atom stereocenters. The highest BCUT2D eigenvalue weighted by Gasteiger charge is 2.25. The summed E-state index contributed by atoms with van der Waals surface area (Å²) in [6, 6.07) is 11.4. The molecule has 8 N–H and O–H groups in total. The van der Waals surface area contributed by atoms with Gasteiger partial charge < -0.3 is 22.9 Å². The largest absolute Gasteiger partial charge is 0.415 e. The topological polar surface area (TPSA) is 121 Å². The summed E-state index contributed by atoms with van der Waals surface area (Å²) in [6.45, 7) is 1.56. The Balaban J connectivity index is 2.47. The molecule has 2 aromatic carbocycles. The van der Waals surface area contributed by atoms with Crippen LogP contribution in [0.25, 0.3) is 0 Å². The third-order valence-corrected chi connectivity index (χ3v) is 4.94. The van der Waals surface area contributed by atoms with Gasteiger partial charge in [-0.2, -0.15) is 0 Å². The minimum absolute atomic E-state index is 0.390. The minimum Gasteiger partial charge on any atom is -0.326 e. The molecule has 0 aliphatic heterocycles. The van der Waals surface area contributed by atoms with Gasteiger partial charge in [-0.25, -0.2) is 0 Å². The highest BCUT2D eigenvalue weighted by atomic mass is 31.1. The van der Waals surface area contributed by atoms with Crippen molar-refractivity contribution in [3.05, 3.63) is 58.7 Å². The molecule has 0 spiro atoms. The third kappa shape index (κ3) is 3.77. The second-order valence-corrected chi connectivity index (χ2v) is 6.75. The van der Waals surface area contributed by atoms with Crippen molar-refractivity contribution in [2.24, 2.45) is 22.9 Å². The van der Waals surface area contributed by atoms with E-state index in [1.54, 1.807) is 0 Å². The smallest absolute Gasteiger partial charge is 0.326 e. The fourth-order valence-electron chi connectivity index (χ4n) is 2.34. The van der Waals surface area contributed by atoms with E-state index in [1.165, 1.54) is 0 Å². The summed E-state index contributed by atoms with van der Waals surface area (Å²) in [4.78, 5) is 0. The molecule has 0 unspecified atom stereocenters. The Hall–Kier alpha value is -1.62. The maximum atomic E-state index is 12.9. The average Bonchev–Trinajstić information content (AvgIpc) is 2.59. The number of hydrogen-bond donors (Lipinski definition) is 4. The molecule has 5 nitrogen and oxygen atoms in total. The molecule has 6 heteroatoms. The second-order valence-electron chi connectivity index (χ2n) is 5.13. The molecule has 116 valence electrons. The lowest BCUT2D eigenvalue weighted by molar-refractivity contribution is 0.598. The fourth-order valence-corrected chi connectivity index (χ4v) is 3.77. The predicted octanol–water partition coefficient (Wildman–Crippen LogP) is 0.300. The maximum absolute atomic E-state index is 12.9. The van der Waals surface area contributed by atoms with Crippen LogP contribution < -0.4 is 33.5 Å². The van der Waals surface area contributed by atoms with Crippen LogP contribution in [0.5, 0.6) is 0 Å². The van der Waals surface area contributed by atoms with E-state index in [4.69, 9.17) is 22.9 Å². The van der Waals surface area contributed by atoms with Crippen LogP contribution >= 0.6 is 7.80 Å². The van der Waals surface area contributed by atoms with Crippen molar-refractivity contribution in [3.63, 3.8) is 0 Å². The number of hydrogen-bond acceptors (Lipinski definition) is 5. The Morgan fingerprint density at radius 2 is 0.864 bits per heavy atom. The molecule has 0 fully saturated rings. The first-order valence-corrected chi connectivity index (χ1v) is 8.40. The van der Waals surface area contributed by atoms with Crippen molar-refractivity contribution in [2.45, 2.75) is 26.2 Å². The van der Waals surface area contributed by atoms with E-state index >= 15 is 0 Å². The highest BCUT2D eigenvalue weighted by molar-refractivity contribution is 7.61. The van der Waals surface area contributed by atoms with E-state index < -0.39 is 7.80 Å². The molecule has 0 radical (unpaired) electrons. The Kier molecular flexibility index (Phi) is 5.77. The molecule has 22 heavy (non-hydrogen) atoms. The van der Waals surface area contributed by atoms with Crippen LogP contribution in [0.2, 0.25) is 0 Å². The van der Waals surface area contributed by atoms with Crippen molar-refractivity contribution in [1.29, 1.82) is 0 Å². The Labute approximate surface area is 131 Å². The van der Waals surface area contributed by atoms with E-state index in [9.17, 15) is 4.57 Å². The standard InChI is InChI=1S/C16H22N4OP/c17-7-11-1-12(8-18)4-15(3-11)22(21)16-5-13(9-19)2-14(6-16)10-20/h1-6H,7-10,17-20H2/q+1. The molecule has 0 saturated heterocycles. The first-order valence-electron chi connectivity index (χ1n) is 7.14. The molecule has 0 bridgehead atoms. The summed E-state index contributed by atoms with van der Waals surface area (Å²) in [6.07, 6.45) is 0. The summed E-state index contributed by atoms with van der Waals surface area (Å²) in [7, 11) is -1.73.